The van der Waals surface area contributed by atoms with Crippen LogP contribution in [-0.4, -0.2) is 29.9 Å². The molecule has 0 aliphatic heterocycles. The van der Waals surface area contributed by atoms with E-state index in [0.29, 0.717) is 30.6 Å². The van der Waals surface area contributed by atoms with E-state index in [2.05, 4.69) is 10.6 Å². The first-order valence-corrected chi connectivity index (χ1v) is 10.3. The Balaban J connectivity index is 1.41. The largest absolute Gasteiger partial charge is 0.352 e. The predicted octanol–water partition coefficient (Wildman–Crippen LogP) is 4.45. The first-order chi connectivity index (χ1) is 15.2. The summed E-state index contributed by atoms with van der Waals surface area (Å²) in [5.74, 6) is -0.260. The SMILES string of the molecule is O=C(NCCCNC(=O)c1cc(-c2ccccc2)nc2ccccc12)c1ccccc1. The minimum atomic E-state index is -0.148. The van der Waals surface area contributed by atoms with Crippen LogP contribution in [0.2, 0.25) is 0 Å². The molecule has 31 heavy (non-hydrogen) atoms. The van der Waals surface area contributed by atoms with E-state index in [1.807, 2.05) is 78.9 Å². The van der Waals surface area contributed by atoms with Gasteiger partial charge in [-0.15, -0.1) is 0 Å². The Bertz CT molecular complexity index is 1190. The molecular formula is C26H23N3O2. The molecular weight excluding hydrogens is 386 g/mol. The lowest BCUT2D eigenvalue weighted by molar-refractivity contribution is 0.0952. The van der Waals surface area contributed by atoms with Gasteiger partial charge in [0.1, 0.15) is 0 Å². The lowest BCUT2D eigenvalue weighted by Crippen LogP contribution is -2.30. The number of rotatable bonds is 7. The number of pyridine rings is 1. The van der Waals surface area contributed by atoms with Gasteiger partial charge < -0.3 is 10.6 Å². The molecule has 1 aromatic heterocycles. The molecule has 2 amide bonds. The summed E-state index contributed by atoms with van der Waals surface area (Å²) in [6.45, 7) is 0.950. The van der Waals surface area contributed by atoms with Crippen LogP contribution in [0.5, 0.6) is 0 Å². The second-order valence-corrected chi connectivity index (χ2v) is 7.17. The number of hydrogen-bond acceptors (Lipinski definition) is 3. The van der Waals surface area contributed by atoms with E-state index in [-0.39, 0.29) is 11.8 Å². The molecule has 0 saturated carbocycles. The van der Waals surface area contributed by atoms with Crippen LogP contribution in [0.3, 0.4) is 0 Å². The van der Waals surface area contributed by atoms with Gasteiger partial charge in [0.15, 0.2) is 0 Å². The molecule has 0 fully saturated rings. The normalized spacial score (nSPS) is 10.6. The van der Waals surface area contributed by atoms with Crippen molar-refractivity contribution in [1.29, 1.82) is 0 Å². The van der Waals surface area contributed by atoms with Crippen LogP contribution in [-0.2, 0) is 0 Å². The van der Waals surface area contributed by atoms with Crippen molar-refractivity contribution < 1.29 is 9.59 Å². The molecule has 5 nitrogen and oxygen atoms in total. The van der Waals surface area contributed by atoms with Gasteiger partial charge in [-0.1, -0.05) is 66.7 Å². The van der Waals surface area contributed by atoms with Crippen molar-refractivity contribution in [3.8, 4) is 11.3 Å². The summed E-state index contributed by atoms with van der Waals surface area (Å²) in [6, 6.07) is 28.4. The van der Waals surface area contributed by atoms with Crippen LogP contribution in [0.4, 0.5) is 0 Å². The zero-order valence-corrected chi connectivity index (χ0v) is 17.0. The Labute approximate surface area is 181 Å². The molecule has 2 N–H and O–H groups in total. The number of aromatic nitrogens is 1. The maximum atomic E-state index is 12.9. The zero-order valence-electron chi connectivity index (χ0n) is 17.0. The molecule has 0 atom stereocenters. The molecule has 0 aliphatic carbocycles. The smallest absolute Gasteiger partial charge is 0.252 e. The van der Waals surface area contributed by atoms with Gasteiger partial charge in [0.2, 0.25) is 0 Å². The summed E-state index contributed by atoms with van der Waals surface area (Å²) < 4.78 is 0. The maximum Gasteiger partial charge on any atom is 0.252 e. The number of amides is 2. The molecule has 0 spiro atoms. The third-order valence-electron chi connectivity index (χ3n) is 4.99. The summed E-state index contributed by atoms with van der Waals surface area (Å²) in [4.78, 5) is 29.7. The fourth-order valence-corrected chi connectivity index (χ4v) is 3.40. The van der Waals surface area contributed by atoms with Crippen LogP contribution in [0.1, 0.15) is 27.1 Å². The lowest BCUT2D eigenvalue weighted by atomic mass is 10.0. The van der Waals surface area contributed by atoms with Gasteiger partial charge in [-0.25, -0.2) is 4.98 Å². The molecule has 0 aliphatic rings. The van der Waals surface area contributed by atoms with E-state index in [1.165, 1.54) is 0 Å². The summed E-state index contributed by atoms with van der Waals surface area (Å²) in [6.07, 6.45) is 0.638. The Kier molecular flexibility index (Phi) is 6.33. The number of carbonyl (C=O) groups is 2. The second-order valence-electron chi connectivity index (χ2n) is 7.17. The van der Waals surface area contributed by atoms with Crippen LogP contribution in [0.25, 0.3) is 22.2 Å². The van der Waals surface area contributed by atoms with Gasteiger partial charge in [0, 0.05) is 29.6 Å². The topological polar surface area (TPSA) is 71.1 Å². The minimum Gasteiger partial charge on any atom is -0.352 e. The monoisotopic (exact) mass is 409 g/mol. The number of para-hydroxylation sites is 1. The molecule has 0 radical (unpaired) electrons. The van der Waals surface area contributed by atoms with Crippen LogP contribution >= 0.6 is 0 Å². The quantitative estimate of drug-likeness (QED) is 0.443. The molecule has 0 saturated heterocycles. The fourth-order valence-electron chi connectivity index (χ4n) is 3.40. The number of nitrogens with one attached hydrogen (secondary N) is 2. The van der Waals surface area contributed by atoms with Gasteiger partial charge in [0.05, 0.1) is 16.8 Å². The van der Waals surface area contributed by atoms with Gasteiger partial charge in [0.25, 0.3) is 11.8 Å². The highest BCUT2D eigenvalue weighted by Gasteiger charge is 2.13. The Morgan fingerprint density at radius 3 is 2.06 bits per heavy atom. The molecule has 4 aromatic rings. The first kappa shape index (κ1) is 20.3. The summed E-state index contributed by atoms with van der Waals surface area (Å²) in [5, 5.41) is 6.65. The second kappa shape index (κ2) is 9.67. The molecule has 3 aromatic carbocycles. The van der Waals surface area contributed by atoms with Crippen LogP contribution in [0.15, 0.2) is 91.0 Å². The Hall–Kier alpha value is -3.99. The summed E-state index contributed by atoms with van der Waals surface area (Å²) >= 11 is 0. The van der Waals surface area contributed by atoms with E-state index in [0.717, 1.165) is 22.2 Å². The number of nitrogens with zero attached hydrogens (tertiary/aromatic N) is 1. The van der Waals surface area contributed by atoms with Crippen molar-refractivity contribution in [2.45, 2.75) is 6.42 Å². The highest BCUT2D eigenvalue weighted by atomic mass is 16.2. The van der Waals surface area contributed by atoms with Crippen molar-refractivity contribution in [3.63, 3.8) is 0 Å². The summed E-state index contributed by atoms with van der Waals surface area (Å²) in [5.41, 5.74) is 3.73. The molecule has 0 unspecified atom stereocenters. The van der Waals surface area contributed by atoms with Gasteiger partial charge in [-0.2, -0.15) is 0 Å². The van der Waals surface area contributed by atoms with Gasteiger partial charge in [-0.05, 0) is 30.7 Å². The van der Waals surface area contributed by atoms with Crippen molar-refractivity contribution in [2.24, 2.45) is 0 Å². The van der Waals surface area contributed by atoms with E-state index < -0.39 is 0 Å². The van der Waals surface area contributed by atoms with E-state index in [4.69, 9.17) is 4.98 Å². The summed E-state index contributed by atoms with van der Waals surface area (Å²) in [7, 11) is 0. The number of benzene rings is 3. The highest BCUT2D eigenvalue weighted by Crippen LogP contribution is 2.24. The lowest BCUT2D eigenvalue weighted by Gasteiger charge is -2.11. The van der Waals surface area contributed by atoms with Gasteiger partial charge in [-0.3, -0.25) is 9.59 Å². The molecule has 1 heterocycles. The minimum absolute atomic E-state index is 0.112. The van der Waals surface area contributed by atoms with Crippen molar-refractivity contribution >= 4 is 22.7 Å². The number of fused-ring (bicyclic) bond motifs is 1. The number of hydrogen-bond donors (Lipinski definition) is 2. The number of carbonyl (C=O) groups excluding carboxylic acids is 2. The first-order valence-electron chi connectivity index (χ1n) is 10.3. The van der Waals surface area contributed by atoms with Crippen LogP contribution < -0.4 is 10.6 Å². The molecule has 5 heteroatoms. The molecule has 154 valence electrons. The van der Waals surface area contributed by atoms with Gasteiger partial charge >= 0.3 is 0 Å². The van der Waals surface area contributed by atoms with E-state index in [9.17, 15) is 9.59 Å². The standard InChI is InChI=1S/C26H23N3O2/c30-25(20-12-5-2-6-13-20)27-16-9-17-28-26(31)22-18-24(19-10-3-1-4-11-19)29-23-15-8-7-14-21(22)23/h1-8,10-15,18H,9,16-17H2,(H,27,30)(H,28,31). The Morgan fingerprint density at radius 2 is 1.32 bits per heavy atom. The van der Waals surface area contributed by atoms with Crippen molar-refractivity contribution in [1.82, 2.24) is 15.6 Å². The van der Waals surface area contributed by atoms with E-state index >= 15 is 0 Å². The molecule has 4 rings (SSSR count). The third-order valence-corrected chi connectivity index (χ3v) is 4.99. The van der Waals surface area contributed by atoms with Crippen LogP contribution in [0, 0.1) is 0 Å². The average Bonchev–Trinajstić information content (AvgIpc) is 2.84. The van der Waals surface area contributed by atoms with Crippen molar-refractivity contribution in [3.05, 3.63) is 102 Å². The van der Waals surface area contributed by atoms with Crippen molar-refractivity contribution in [2.75, 3.05) is 13.1 Å². The fraction of sp³-hybridized carbons (Fsp3) is 0.115. The predicted molar refractivity (Wildman–Crippen MR) is 123 cm³/mol. The molecule has 0 bridgehead atoms. The Morgan fingerprint density at radius 1 is 0.710 bits per heavy atom. The highest BCUT2D eigenvalue weighted by molar-refractivity contribution is 6.07. The zero-order chi connectivity index (χ0) is 21.5. The maximum absolute atomic E-state index is 12.9. The van der Waals surface area contributed by atoms with E-state index in [1.54, 1.807) is 12.1 Å². The third kappa shape index (κ3) is 4.95. The average molecular weight is 409 g/mol.